The zero-order valence-corrected chi connectivity index (χ0v) is 28.8. The summed E-state index contributed by atoms with van der Waals surface area (Å²) in [4.78, 5) is 29.1. The lowest BCUT2D eigenvalue weighted by atomic mass is 9.33. The van der Waals surface area contributed by atoms with E-state index in [-0.39, 0.29) is 11.7 Å². The number of aliphatic hydroxyl groups excluding tert-OH is 7. The minimum Gasteiger partial charge on any atom is -0.432 e. The van der Waals surface area contributed by atoms with E-state index in [1.54, 1.807) is 6.08 Å². The first-order valence-corrected chi connectivity index (χ1v) is 17.5. The highest BCUT2D eigenvalue weighted by atomic mass is 16.7. The predicted octanol–water partition coefficient (Wildman–Crippen LogP) is 1.61. The van der Waals surface area contributed by atoms with Crippen molar-refractivity contribution in [3.05, 3.63) is 11.6 Å². The van der Waals surface area contributed by atoms with Crippen molar-refractivity contribution in [1.29, 1.82) is 0 Å². The summed E-state index contributed by atoms with van der Waals surface area (Å²) in [6.45, 7) is 13.6. The van der Waals surface area contributed by atoms with Gasteiger partial charge in [0.2, 0.25) is 6.29 Å². The maximum Gasteiger partial charge on any atom is 0.315 e. The Morgan fingerprint density at radius 1 is 0.872 bits per heavy atom. The van der Waals surface area contributed by atoms with Crippen molar-refractivity contribution < 1.29 is 54.8 Å². The second-order valence-corrected chi connectivity index (χ2v) is 18.0. The fourth-order valence-corrected chi connectivity index (χ4v) is 12.0. The molecule has 6 rings (SSSR count). The van der Waals surface area contributed by atoms with Crippen LogP contribution in [0.1, 0.15) is 93.4 Å². The van der Waals surface area contributed by atoms with Crippen LogP contribution in [0.2, 0.25) is 0 Å². The number of hydrogen-bond donors (Lipinski definition) is 7. The van der Waals surface area contributed by atoms with E-state index in [1.165, 1.54) is 0 Å². The number of esters is 1. The Morgan fingerprint density at radius 2 is 1.51 bits per heavy atom. The fourth-order valence-electron chi connectivity index (χ4n) is 12.0. The van der Waals surface area contributed by atoms with Gasteiger partial charge in [-0.15, -0.1) is 0 Å². The summed E-state index contributed by atoms with van der Waals surface area (Å²) in [5, 5.41) is 75.2. The Kier molecular flexibility index (Phi) is 8.30. The van der Waals surface area contributed by atoms with E-state index in [4.69, 9.17) is 9.47 Å². The molecule has 0 aromatic heterocycles. The number of carbonyl (C=O) groups is 2. The Morgan fingerprint density at radius 3 is 2.15 bits per heavy atom. The largest absolute Gasteiger partial charge is 0.432 e. The van der Waals surface area contributed by atoms with Gasteiger partial charge >= 0.3 is 5.97 Å². The molecule has 266 valence electrons. The van der Waals surface area contributed by atoms with E-state index >= 15 is 0 Å². The van der Waals surface area contributed by atoms with Gasteiger partial charge in [-0.25, -0.2) is 0 Å². The molecule has 1 saturated heterocycles. The van der Waals surface area contributed by atoms with E-state index in [1.807, 2.05) is 27.7 Å². The van der Waals surface area contributed by atoms with Gasteiger partial charge in [-0.3, -0.25) is 9.59 Å². The van der Waals surface area contributed by atoms with Crippen LogP contribution in [0, 0.1) is 50.2 Å². The number of ether oxygens (including phenoxy) is 2. The van der Waals surface area contributed by atoms with E-state index in [0.29, 0.717) is 38.5 Å². The standard InChI is InChI=1S/C36H56O11/c1-31(2)10-12-36(30(45)47-29-25(42)24(41)23(40)20(16-37)46-29)13-11-34(6)17(22(36)28(31)44)14-18(38)26-33(5)15-19(39)27(43)32(3,4)21(33)8-9-35(26,34)7/h14,19-29,37,39-44H,8-13,15-16H2,1-7H3/t19-,20-,21+,22-,23-,24+,25-,26-,27+,28+,29+,33+,34-,35-,36+/m1/s1. The minimum absolute atomic E-state index is 0.00405. The van der Waals surface area contributed by atoms with Crippen LogP contribution >= 0.6 is 0 Å². The maximum atomic E-state index is 14.7. The van der Waals surface area contributed by atoms with Crippen molar-refractivity contribution in [1.82, 2.24) is 0 Å². The second-order valence-electron chi connectivity index (χ2n) is 18.0. The van der Waals surface area contributed by atoms with Gasteiger partial charge in [0.25, 0.3) is 0 Å². The summed E-state index contributed by atoms with van der Waals surface area (Å²) in [5.41, 5.74) is -3.44. The molecule has 0 unspecified atom stereocenters. The highest BCUT2D eigenvalue weighted by Crippen LogP contribution is 2.75. The molecule has 0 aromatic rings. The third kappa shape index (κ3) is 4.59. The summed E-state index contributed by atoms with van der Waals surface area (Å²) in [7, 11) is 0. The van der Waals surface area contributed by atoms with Gasteiger partial charge in [-0.05, 0) is 84.0 Å². The summed E-state index contributed by atoms with van der Waals surface area (Å²) in [6, 6.07) is 0. The Bertz CT molecular complexity index is 1330. The molecule has 5 aliphatic carbocycles. The molecule has 0 amide bonds. The Balaban J connectivity index is 1.42. The quantitative estimate of drug-likeness (QED) is 0.217. The van der Waals surface area contributed by atoms with Crippen LogP contribution < -0.4 is 0 Å². The van der Waals surface area contributed by atoms with E-state index < -0.39 is 106 Å². The van der Waals surface area contributed by atoms with Gasteiger partial charge in [-0.1, -0.05) is 54.0 Å². The average molecular weight is 665 g/mol. The lowest BCUT2D eigenvalue weighted by Gasteiger charge is -2.71. The zero-order chi connectivity index (χ0) is 34.9. The van der Waals surface area contributed by atoms with Gasteiger partial charge in [0.15, 0.2) is 5.78 Å². The topological polar surface area (TPSA) is 194 Å². The van der Waals surface area contributed by atoms with Gasteiger partial charge < -0.3 is 45.2 Å². The molecule has 0 spiro atoms. The molecule has 47 heavy (non-hydrogen) atoms. The van der Waals surface area contributed by atoms with Gasteiger partial charge in [0.1, 0.15) is 24.4 Å². The highest BCUT2D eigenvalue weighted by Gasteiger charge is 2.73. The van der Waals surface area contributed by atoms with Gasteiger partial charge in [0.05, 0.1) is 30.3 Å². The van der Waals surface area contributed by atoms with Crippen LogP contribution in [-0.4, -0.2) is 103 Å². The molecule has 1 aliphatic heterocycles. The predicted molar refractivity (Wildman–Crippen MR) is 168 cm³/mol. The highest BCUT2D eigenvalue weighted by molar-refractivity contribution is 5.96. The van der Waals surface area contributed by atoms with E-state index in [0.717, 1.165) is 12.0 Å². The summed E-state index contributed by atoms with van der Waals surface area (Å²) < 4.78 is 11.3. The number of rotatable bonds is 3. The van der Waals surface area contributed by atoms with Crippen LogP contribution in [0.5, 0.6) is 0 Å². The smallest absolute Gasteiger partial charge is 0.315 e. The first-order chi connectivity index (χ1) is 21.6. The number of ketones is 1. The van der Waals surface area contributed by atoms with Crippen molar-refractivity contribution in [2.24, 2.45) is 50.2 Å². The molecule has 6 aliphatic rings. The minimum atomic E-state index is -1.76. The van der Waals surface area contributed by atoms with Crippen molar-refractivity contribution in [3.63, 3.8) is 0 Å². The second kappa shape index (κ2) is 11.0. The first-order valence-electron chi connectivity index (χ1n) is 17.5. The molecule has 4 saturated carbocycles. The normalized spacial score (nSPS) is 53.4. The van der Waals surface area contributed by atoms with Gasteiger partial charge in [0, 0.05) is 11.8 Å². The number of carbonyl (C=O) groups excluding carboxylic acids is 2. The molecule has 7 N–H and O–H groups in total. The van der Waals surface area contributed by atoms with Crippen molar-refractivity contribution in [2.75, 3.05) is 6.61 Å². The third-order valence-corrected chi connectivity index (χ3v) is 15.0. The molecule has 0 bridgehead atoms. The van der Waals surface area contributed by atoms with Crippen molar-refractivity contribution >= 4 is 11.8 Å². The van der Waals surface area contributed by atoms with Crippen molar-refractivity contribution in [2.45, 2.75) is 142 Å². The molecule has 11 nitrogen and oxygen atoms in total. The fraction of sp³-hybridized carbons (Fsp3) is 0.889. The van der Waals surface area contributed by atoms with E-state index in [9.17, 15) is 45.3 Å². The molecule has 0 aromatic carbocycles. The molecule has 15 atom stereocenters. The Labute approximate surface area is 277 Å². The van der Waals surface area contributed by atoms with Crippen molar-refractivity contribution in [3.8, 4) is 0 Å². The number of allylic oxidation sites excluding steroid dienone is 1. The summed E-state index contributed by atoms with van der Waals surface area (Å²) >= 11 is 0. The van der Waals surface area contributed by atoms with Crippen LogP contribution in [0.15, 0.2) is 11.6 Å². The Hall–Kier alpha value is -1.44. The van der Waals surface area contributed by atoms with E-state index in [2.05, 4.69) is 20.8 Å². The van der Waals surface area contributed by atoms with Crippen LogP contribution in [0.4, 0.5) is 0 Å². The molecule has 11 heteroatoms. The number of fused-ring (bicyclic) bond motifs is 7. The average Bonchev–Trinajstić information content (AvgIpc) is 2.98. The summed E-state index contributed by atoms with van der Waals surface area (Å²) in [6.07, 6.45) is -5.65. The molecular weight excluding hydrogens is 608 g/mol. The zero-order valence-electron chi connectivity index (χ0n) is 28.8. The third-order valence-electron chi connectivity index (χ3n) is 15.0. The first kappa shape index (κ1) is 35.4. The number of aliphatic hydroxyl groups is 7. The molecular formula is C36H56O11. The lowest BCUT2D eigenvalue weighted by molar-refractivity contribution is -0.298. The molecule has 5 fully saturated rings. The maximum absolute atomic E-state index is 14.7. The number of hydrogen-bond acceptors (Lipinski definition) is 11. The summed E-state index contributed by atoms with van der Waals surface area (Å²) in [5.74, 6) is -2.01. The van der Waals surface area contributed by atoms with Crippen LogP contribution in [0.3, 0.4) is 0 Å². The van der Waals surface area contributed by atoms with Crippen LogP contribution in [0.25, 0.3) is 0 Å². The van der Waals surface area contributed by atoms with Crippen LogP contribution in [-0.2, 0) is 19.1 Å². The molecule has 1 heterocycles. The lowest BCUT2D eigenvalue weighted by Crippen LogP contribution is -2.70. The van der Waals surface area contributed by atoms with Gasteiger partial charge in [-0.2, -0.15) is 0 Å². The monoisotopic (exact) mass is 664 g/mol. The molecule has 0 radical (unpaired) electrons. The SMILES string of the molecule is CC1(C)CC[C@]2(C(=O)O[C@@H]3O[C@H](CO)[C@@H](O)[C@H](O)[C@H]3O)CC[C@]3(C)C(=CC(=O)[C@@H]4[C@@]5(C)C[C@@H](O)[C@H](O)C(C)(C)[C@@H]5CC[C@]43C)[C@@H]2[C@@H]1O.